The molecule has 0 saturated carbocycles. The topological polar surface area (TPSA) is 114 Å². The first-order chi connectivity index (χ1) is 19.1. The number of hydrogen-bond acceptors (Lipinski definition) is 7. The van der Waals surface area contributed by atoms with E-state index in [1.54, 1.807) is 30.3 Å². The van der Waals surface area contributed by atoms with E-state index in [2.05, 4.69) is 26.6 Å². The number of anilines is 2. The third kappa shape index (κ3) is 7.27. The number of carbonyl (C=O) groups excluding carboxylic acids is 4. The zero-order chi connectivity index (χ0) is 28.8. The number of benzene rings is 3. The van der Waals surface area contributed by atoms with Gasteiger partial charge in [0.1, 0.15) is 12.4 Å². The molecule has 9 nitrogen and oxygen atoms in total. The molecule has 3 aromatic carbocycles. The molecule has 0 aliphatic carbocycles. The second kappa shape index (κ2) is 12.8. The minimum absolute atomic E-state index is 0.134. The van der Waals surface area contributed by atoms with E-state index in [9.17, 15) is 23.6 Å². The van der Waals surface area contributed by atoms with E-state index >= 15 is 0 Å². The molecule has 4 amide bonds. The van der Waals surface area contributed by atoms with Crippen molar-refractivity contribution in [1.82, 2.24) is 4.90 Å². The Labute approximate surface area is 241 Å². The van der Waals surface area contributed by atoms with Gasteiger partial charge in [0, 0.05) is 11.4 Å². The van der Waals surface area contributed by atoms with Crippen molar-refractivity contribution in [2.75, 3.05) is 30.9 Å². The molecule has 0 atom stereocenters. The highest BCUT2D eigenvalue weighted by atomic mass is 79.9. The van der Waals surface area contributed by atoms with Crippen molar-refractivity contribution in [2.24, 2.45) is 0 Å². The monoisotopic (exact) mass is 627 g/mol. The second-order valence-electron chi connectivity index (χ2n) is 8.56. The first-order valence-corrected chi connectivity index (χ1v) is 13.4. The van der Waals surface area contributed by atoms with E-state index in [0.717, 1.165) is 22.2 Å². The van der Waals surface area contributed by atoms with E-state index in [-0.39, 0.29) is 23.0 Å². The normalized spacial score (nSPS) is 13.9. The maximum absolute atomic E-state index is 13.1. The summed E-state index contributed by atoms with van der Waals surface area (Å²) < 4.78 is 24.5. The van der Waals surface area contributed by atoms with Crippen LogP contribution in [0.4, 0.5) is 20.6 Å². The molecule has 12 heteroatoms. The molecule has 1 fully saturated rings. The van der Waals surface area contributed by atoms with Gasteiger partial charge in [-0.3, -0.25) is 24.1 Å². The fraction of sp³-hybridized carbons (Fsp3) is 0.143. The molecule has 4 rings (SSSR count). The van der Waals surface area contributed by atoms with Gasteiger partial charge in [0.2, 0.25) is 5.91 Å². The summed E-state index contributed by atoms with van der Waals surface area (Å²) in [5.74, 6) is -1.46. The quantitative estimate of drug-likeness (QED) is 0.297. The molecule has 1 aliphatic rings. The first-order valence-electron chi connectivity index (χ1n) is 11.8. The Balaban J connectivity index is 1.42. The summed E-state index contributed by atoms with van der Waals surface area (Å²) in [5, 5.41) is 4.72. The van der Waals surface area contributed by atoms with Gasteiger partial charge in [-0.1, -0.05) is 12.1 Å². The summed E-state index contributed by atoms with van der Waals surface area (Å²) in [5.41, 5.74) is 2.46. The Morgan fingerprint density at radius 3 is 2.45 bits per heavy atom. The van der Waals surface area contributed by atoms with Crippen LogP contribution in [0.3, 0.4) is 0 Å². The standard InChI is InChI=1S/C28H23BrFN3O6S/c1-16-4-3-5-20(10-16)32-24(34)14-33-27(36)23(40-28(33)37)13-17-11-21(29)26(22(12-17)38-2)39-15-25(35)31-19-8-6-18(30)7-9-19/h3-13H,14-15H2,1-2H3,(H,31,35)(H,32,34)/b23-13-. The summed E-state index contributed by atoms with van der Waals surface area (Å²) in [4.78, 5) is 51.2. The molecule has 3 aromatic rings. The lowest BCUT2D eigenvalue weighted by atomic mass is 10.2. The smallest absolute Gasteiger partial charge is 0.294 e. The zero-order valence-electron chi connectivity index (χ0n) is 21.3. The number of rotatable bonds is 9. The Bertz CT molecular complexity index is 1510. The van der Waals surface area contributed by atoms with Crippen molar-refractivity contribution < 1.29 is 33.0 Å². The lowest BCUT2D eigenvalue weighted by Gasteiger charge is -2.14. The summed E-state index contributed by atoms with van der Waals surface area (Å²) in [6, 6.07) is 15.7. The maximum atomic E-state index is 13.1. The number of hydrogen-bond donors (Lipinski definition) is 2. The third-order valence-corrected chi connectivity index (χ3v) is 7.00. The lowest BCUT2D eigenvalue weighted by molar-refractivity contribution is -0.127. The number of methoxy groups -OCH3 is 1. The van der Waals surface area contributed by atoms with Gasteiger partial charge >= 0.3 is 0 Å². The number of ether oxygens (including phenoxy) is 2. The van der Waals surface area contributed by atoms with Crippen LogP contribution in [-0.2, 0) is 14.4 Å². The highest BCUT2D eigenvalue weighted by molar-refractivity contribution is 9.10. The number of carbonyl (C=O) groups is 4. The number of amides is 4. The fourth-order valence-electron chi connectivity index (χ4n) is 3.69. The predicted octanol–water partition coefficient (Wildman–Crippen LogP) is 5.60. The minimum Gasteiger partial charge on any atom is -0.493 e. The van der Waals surface area contributed by atoms with Gasteiger partial charge < -0.3 is 20.1 Å². The minimum atomic E-state index is -0.595. The molecule has 206 valence electrons. The molecule has 0 unspecified atom stereocenters. The summed E-state index contributed by atoms with van der Waals surface area (Å²) in [6.45, 7) is 1.11. The second-order valence-corrected chi connectivity index (χ2v) is 10.4. The molecule has 2 N–H and O–H groups in total. The molecule has 1 heterocycles. The highest BCUT2D eigenvalue weighted by Crippen LogP contribution is 2.39. The molecule has 1 saturated heterocycles. The molecule has 40 heavy (non-hydrogen) atoms. The molecular weight excluding hydrogens is 605 g/mol. The summed E-state index contributed by atoms with van der Waals surface area (Å²) in [7, 11) is 1.41. The summed E-state index contributed by atoms with van der Waals surface area (Å²) in [6.07, 6.45) is 1.50. The van der Waals surface area contributed by atoms with Crippen LogP contribution < -0.4 is 20.1 Å². The Morgan fingerprint density at radius 1 is 1.02 bits per heavy atom. The number of halogens is 2. The van der Waals surface area contributed by atoms with E-state index < -0.39 is 35.3 Å². The zero-order valence-corrected chi connectivity index (χ0v) is 23.7. The van der Waals surface area contributed by atoms with E-state index in [1.807, 2.05) is 13.0 Å². The number of nitrogens with zero attached hydrogens (tertiary/aromatic N) is 1. The summed E-state index contributed by atoms with van der Waals surface area (Å²) >= 11 is 4.11. The van der Waals surface area contributed by atoms with Gasteiger partial charge in [0.05, 0.1) is 16.5 Å². The molecule has 0 aromatic heterocycles. The number of nitrogens with one attached hydrogen (secondary N) is 2. The van der Waals surface area contributed by atoms with Gasteiger partial charge in [0.25, 0.3) is 17.1 Å². The van der Waals surface area contributed by atoms with Crippen LogP contribution in [0.5, 0.6) is 11.5 Å². The Hall–Kier alpha value is -4.16. The van der Waals surface area contributed by atoms with Gasteiger partial charge in [-0.05, 0) is 100 Å². The maximum Gasteiger partial charge on any atom is 0.294 e. The SMILES string of the molecule is COc1cc(/C=C2\SC(=O)N(CC(=O)Nc3cccc(C)c3)C2=O)cc(Br)c1OCC(=O)Nc1ccc(F)cc1. The molecule has 0 bridgehead atoms. The van der Waals surface area contributed by atoms with Gasteiger partial charge in [-0.25, -0.2) is 4.39 Å². The molecule has 1 aliphatic heterocycles. The number of aryl methyl sites for hydroxylation is 1. The average molecular weight is 628 g/mol. The van der Waals surface area contributed by atoms with Crippen LogP contribution in [0, 0.1) is 12.7 Å². The fourth-order valence-corrected chi connectivity index (χ4v) is 5.10. The Kier molecular flexibility index (Phi) is 9.22. The van der Waals surface area contributed by atoms with Crippen LogP contribution in [0.2, 0.25) is 0 Å². The highest BCUT2D eigenvalue weighted by Gasteiger charge is 2.36. The number of imide groups is 1. The van der Waals surface area contributed by atoms with Crippen LogP contribution >= 0.6 is 27.7 Å². The van der Waals surface area contributed by atoms with Crippen LogP contribution in [0.15, 0.2) is 70.0 Å². The van der Waals surface area contributed by atoms with Gasteiger partial charge in [0.15, 0.2) is 18.1 Å². The van der Waals surface area contributed by atoms with E-state index in [0.29, 0.717) is 21.4 Å². The predicted molar refractivity (Wildman–Crippen MR) is 154 cm³/mol. The van der Waals surface area contributed by atoms with E-state index in [4.69, 9.17) is 9.47 Å². The molecular formula is C28H23BrFN3O6S. The van der Waals surface area contributed by atoms with Crippen molar-refractivity contribution in [2.45, 2.75) is 6.92 Å². The van der Waals surface area contributed by atoms with Crippen LogP contribution in [0.1, 0.15) is 11.1 Å². The van der Waals surface area contributed by atoms with Crippen molar-refractivity contribution in [1.29, 1.82) is 0 Å². The van der Waals surface area contributed by atoms with Crippen LogP contribution in [0.25, 0.3) is 6.08 Å². The molecule has 0 radical (unpaired) electrons. The largest absolute Gasteiger partial charge is 0.493 e. The van der Waals surface area contributed by atoms with Crippen molar-refractivity contribution in [3.05, 3.63) is 87.0 Å². The number of thioether (sulfide) groups is 1. The van der Waals surface area contributed by atoms with Gasteiger partial charge in [-0.2, -0.15) is 0 Å². The van der Waals surface area contributed by atoms with Crippen molar-refractivity contribution in [3.8, 4) is 11.5 Å². The lowest BCUT2D eigenvalue weighted by Crippen LogP contribution is -2.36. The van der Waals surface area contributed by atoms with Crippen LogP contribution in [-0.4, -0.2) is 48.1 Å². The first kappa shape index (κ1) is 28.8. The average Bonchev–Trinajstić information content (AvgIpc) is 3.16. The molecule has 0 spiro atoms. The van der Waals surface area contributed by atoms with E-state index in [1.165, 1.54) is 37.5 Å². The third-order valence-electron chi connectivity index (χ3n) is 5.50. The van der Waals surface area contributed by atoms with Crippen molar-refractivity contribution in [3.63, 3.8) is 0 Å². The van der Waals surface area contributed by atoms with Gasteiger partial charge in [-0.15, -0.1) is 0 Å². The van der Waals surface area contributed by atoms with Crippen molar-refractivity contribution >= 4 is 68.1 Å². The Morgan fingerprint density at radius 2 is 1.75 bits per heavy atom.